The smallest absolute Gasteiger partial charge is 0.126 e. The lowest BCUT2D eigenvalue weighted by atomic mass is 9.74. The van der Waals surface area contributed by atoms with Gasteiger partial charge >= 0.3 is 0 Å². The number of rotatable bonds is 7. The topological polar surface area (TPSA) is 12.0 Å². The van der Waals surface area contributed by atoms with Crippen molar-refractivity contribution in [2.45, 2.75) is 41.0 Å². The lowest BCUT2D eigenvalue weighted by Crippen LogP contribution is -2.39. The highest BCUT2D eigenvalue weighted by Gasteiger charge is 2.28. The molecule has 1 N–H and O–H groups in total. The predicted molar refractivity (Wildman–Crippen MR) is 80.7 cm³/mol. The third kappa shape index (κ3) is 5.20. The number of nitrogens with one attached hydrogen (secondary N) is 1. The normalized spacial score (nSPS) is 14.8. The Morgan fingerprint density at radius 1 is 1.05 bits per heavy atom. The molecule has 0 spiro atoms. The number of halogens is 2. The van der Waals surface area contributed by atoms with Gasteiger partial charge in [0.1, 0.15) is 11.6 Å². The van der Waals surface area contributed by atoms with Crippen LogP contribution in [0.1, 0.15) is 40.2 Å². The molecule has 1 aromatic carbocycles. The van der Waals surface area contributed by atoms with Crippen molar-refractivity contribution in [1.29, 1.82) is 0 Å². The van der Waals surface area contributed by atoms with Crippen LogP contribution in [-0.4, -0.2) is 13.1 Å². The molecule has 0 amide bonds. The van der Waals surface area contributed by atoms with Crippen molar-refractivity contribution in [3.8, 4) is 0 Å². The van der Waals surface area contributed by atoms with Crippen LogP contribution in [0, 0.1) is 28.9 Å². The number of hydrogen-bond donors (Lipinski definition) is 1. The van der Waals surface area contributed by atoms with Gasteiger partial charge in [-0.25, -0.2) is 8.78 Å². The van der Waals surface area contributed by atoms with E-state index in [4.69, 9.17) is 0 Å². The van der Waals surface area contributed by atoms with Crippen LogP contribution in [0.2, 0.25) is 0 Å². The fraction of sp³-hybridized carbons (Fsp3) is 0.647. The van der Waals surface area contributed by atoms with Gasteiger partial charge < -0.3 is 5.32 Å². The third-order valence-electron chi connectivity index (χ3n) is 4.01. The van der Waals surface area contributed by atoms with Gasteiger partial charge in [-0.1, -0.05) is 34.6 Å². The first-order valence-electron chi connectivity index (χ1n) is 7.38. The molecule has 0 aromatic heterocycles. The third-order valence-corrected chi connectivity index (χ3v) is 4.01. The molecule has 0 aliphatic rings. The van der Waals surface area contributed by atoms with Gasteiger partial charge in [0.2, 0.25) is 0 Å². The largest absolute Gasteiger partial charge is 0.316 e. The molecule has 3 heteroatoms. The average molecular weight is 283 g/mol. The van der Waals surface area contributed by atoms with E-state index >= 15 is 0 Å². The highest BCUT2D eigenvalue weighted by atomic mass is 19.1. The van der Waals surface area contributed by atoms with E-state index in [0.717, 1.165) is 24.7 Å². The molecule has 1 atom stereocenters. The van der Waals surface area contributed by atoms with Crippen LogP contribution in [0.5, 0.6) is 0 Å². The predicted octanol–water partition coefficient (Wildman–Crippen LogP) is 4.42. The fourth-order valence-electron chi connectivity index (χ4n) is 2.30. The first-order chi connectivity index (χ1) is 9.23. The van der Waals surface area contributed by atoms with Crippen molar-refractivity contribution in [1.82, 2.24) is 5.32 Å². The van der Waals surface area contributed by atoms with Gasteiger partial charge in [-0.2, -0.15) is 0 Å². The van der Waals surface area contributed by atoms with Crippen molar-refractivity contribution in [3.05, 3.63) is 35.4 Å². The Morgan fingerprint density at radius 3 is 2.05 bits per heavy atom. The second-order valence-corrected chi connectivity index (χ2v) is 6.79. The molecule has 20 heavy (non-hydrogen) atoms. The molecule has 0 saturated carbocycles. The summed E-state index contributed by atoms with van der Waals surface area (Å²) in [5.74, 6) is 0.0222. The summed E-state index contributed by atoms with van der Waals surface area (Å²) in [4.78, 5) is 0. The summed E-state index contributed by atoms with van der Waals surface area (Å²) in [6.45, 7) is 12.6. The van der Waals surface area contributed by atoms with Crippen molar-refractivity contribution >= 4 is 0 Å². The van der Waals surface area contributed by atoms with Gasteiger partial charge in [0, 0.05) is 12.6 Å². The molecule has 1 unspecified atom stereocenters. The summed E-state index contributed by atoms with van der Waals surface area (Å²) < 4.78 is 26.6. The van der Waals surface area contributed by atoms with Crippen LogP contribution < -0.4 is 5.32 Å². The maximum atomic E-state index is 13.3. The Hall–Kier alpha value is -0.960. The Morgan fingerprint density at radius 2 is 1.60 bits per heavy atom. The SMILES string of the molecule is CC(C)CNCC(C)(Cc1cc(F)cc(F)c1)C(C)C. The zero-order valence-corrected chi connectivity index (χ0v) is 13.3. The van der Waals surface area contributed by atoms with Crippen molar-refractivity contribution in [2.24, 2.45) is 17.3 Å². The Kier molecular flexibility index (Phi) is 6.12. The monoisotopic (exact) mass is 283 g/mol. The van der Waals surface area contributed by atoms with E-state index in [1.807, 2.05) is 0 Å². The average Bonchev–Trinajstić information content (AvgIpc) is 2.26. The van der Waals surface area contributed by atoms with Gasteiger partial charge in [-0.05, 0) is 47.9 Å². The van der Waals surface area contributed by atoms with Gasteiger partial charge in [0.15, 0.2) is 0 Å². The molecule has 0 fully saturated rings. The molecular formula is C17H27F2N. The summed E-state index contributed by atoms with van der Waals surface area (Å²) in [5.41, 5.74) is 0.708. The molecule has 0 heterocycles. The van der Waals surface area contributed by atoms with Crippen LogP contribution in [0.3, 0.4) is 0 Å². The quantitative estimate of drug-likeness (QED) is 0.781. The molecular weight excluding hydrogens is 256 g/mol. The van der Waals surface area contributed by atoms with Crippen LogP contribution in [-0.2, 0) is 6.42 Å². The number of hydrogen-bond acceptors (Lipinski definition) is 1. The zero-order chi connectivity index (χ0) is 15.3. The van der Waals surface area contributed by atoms with E-state index in [9.17, 15) is 8.78 Å². The van der Waals surface area contributed by atoms with E-state index in [2.05, 4.69) is 39.9 Å². The summed E-state index contributed by atoms with van der Waals surface area (Å²) >= 11 is 0. The van der Waals surface area contributed by atoms with Crippen LogP contribution in [0.25, 0.3) is 0 Å². The molecule has 114 valence electrons. The first-order valence-corrected chi connectivity index (χ1v) is 7.38. The summed E-state index contributed by atoms with van der Waals surface area (Å²) in [5, 5.41) is 3.47. The second kappa shape index (κ2) is 7.16. The zero-order valence-electron chi connectivity index (χ0n) is 13.3. The Balaban J connectivity index is 2.79. The lowest BCUT2D eigenvalue weighted by Gasteiger charge is -2.35. The maximum absolute atomic E-state index is 13.3. The first kappa shape index (κ1) is 17.1. The van der Waals surface area contributed by atoms with Crippen LogP contribution >= 0.6 is 0 Å². The van der Waals surface area contributed by atoms with Gasteiger partial charge in [0.05, 0.1) is 0 Å². The maximum Gasteiger partial charge on any atom is 0.126 e. The van der Waals surface area contributed by atoms with Crippen LogP contribution in [0.4, 0.5) is 8.78 Å². The molecule has 0 radical (unpaired) electrons. The van der Waals surface area contributed by atoms with Crippen LogP contribution in [0.15, 0.2) is 18.2 Å². The highest BCUT2D eigenvalue weighted by molar-refractivity contribution is 5.19. The Labute approximate surface area is 121 Å². The lowest BCUT2D eigenvalue weighted by molar-refractivity contribution is 0.204. The molecule has 0 bridgehead atoms. The molecule has 0 aliphatic heterocycles. The van der Waals surface area contributed by atoms with Crippen molar-refractivity contribution in [3.63, 3.8) is 0 Å². The highest BCUT2D eigenvalue weighted by Crippen LogP contribution is 2.31. The van der Waals surface area contributed by atoms with E-state index in [-0.39, 0.29) is 5.41 Å². The van der Waals surface area contributed by atoms with Gasteiger partial charge in [-0.3, -0.25) is 0 Å². The molecule has 1 rings (SSSR count). The summed E-state index contributed by atoms with van der Waals surface area (Å²) in [6, 6.07) is 3.80. The minimum atomic E-state index is -0.499. The molecule has 1 aromatic rings. The molecule has 0 saturated heterocycles. The Bertz CT molecular complexity index is 409. The van der Waals surface area contributed by atoms with E-state index in [0.29, 0.717) is 18.3 Å². The van der Waals surface area contributed by atoms with Crippen molar-refractivity contribution < 1.29 is 8.78 Å². The van der Waals surface area contributed by atoms with Crippen molar-refractivity contribution in [2.75, 3.05) is 13.1 Å². The summed E-state index contributed by atoms with van der Waals surface area (Å²) in [6.07, 6.45) is 0.671. The number of benzene rings is 1. The van der Waals surface area contributed by atoms with Gasteiger partial charge in [-0.15, -0.1) is 0 Å². The fourth-order valence-corrected chi connectivity index (χ4v) is 2.30. The summed E-state index contributed by atoms with van der Waals surface area (Å²) in [7, 11) is 0. The standard InChI is InChI=1S/C17H27F2N/c1-12(2)10-20-11-17(5,13(3)4)9-14-6-15(18)8-16(19)7-14/h6-8,12-13,20H,9-11H2,1-5H3. The van der Waals surface area contributed by atoms with Gasteiger partial charge in [0.25, 0.3) is 0 Å². The second-order valence-electron chi connectivity index (χ2n) is 6.79. The molecule has 1 nitrogen and oxygen atoms in total. The van der Waals surface area contributed by atoms with E-state index in [1.54, 1.807) is 0 Å². The van der Waals surface area contributed by atoms with E-state index < -0.39 is 11.6 Å². The minimum absolute atomic E-state index is 0.0187. The minimum Gasteiger partial charge on any atom is -0.316 e. The van der Waals surface area contributed by atoms with E-state index in [1.165, 1.54) is 12.1 Å². The molecule has 0 aliphatic carbocycles.